The van der Waals surface area contributed by atoms with Crippen LogP contribution < -0.4 is 0 Å². The van der Waals surface area contributed by atoms with Crippen LogP contribution in [0, 0.1) is 0 Å². The number of esters is 3. The molecule has 0 saturated heterocycles. The van der Waals surface area contributed by atoms with Crippen molar-refractivity contribution in [1.82, 2.24) is 0 Å². The lowest BCUT2D eigenvalue weighted by Gasteiger charge is -2.12. The Balaban J connectivity index is 2.21. The number of benzene rings is 1. The molecular formula is C17H20O7. The normalized spacial score (nSPS) is 11.2. The number of ketones is 1. The Morgan fingerprint density at radius 1 is 0.958 bits per heavy atom. The minimum absolute atomic E-state index is 0.113. The van der Waals surface area contributed by atoms with E-state index >= 15 is 0 Å². The van der Waals surface area contributed by atoms with Gasteiger partial charge < -0.3 is 14.2 Å². The Hall–Kier alpha value is -2.70. The van der Waals surface area contributed by atoms with Gasteiger partial charge in [0.2, 0.25) is 6.29 Å². The van der Waals surface area contributed by atoms with Crippen molar-refractivity contribution >= 4 is 23.7 Å². The first kappa shape index (κ1) is 19.3. The highest BCUT2D eigenvalue weighted by Crippen LogP contribution is 2.05. The van der Waals surface area contributed by atoms with Crippen molar-refractivity contribution in [3.8, 4) is 0 Å². The lowest BCUT2D eigenvalue weighted by molar-refractivity contribution is -0.182. The van der Waals surface area contributed by atoms with Gasteiger partial charge in [-0.1, -0.05) is 30.3 Å². The van der Waals surface area contributed by atoms with E-state index in [4.69, 9.17) is 9.47 Å². The van der Waals surface area contributed by atoms with Gasteiger partial charge in [0.1, 0.15) is 18.8 Å². The van der Waals surface area contributed by atoms with E-state index in [0.29, 0.717) is 0 Å². The first-order valence-electron chi connectivity index (χ1n) is 7.44. The van der Waals surface area contributed by atoms with Crippen molar-refractivity contribution in [3.63, 3.8) is 0 Å². The van der Waals surface area contributed by atoms with Crippen molar-refractivity contribution in [2.75, 3.05) is 0 Å². The molecule has 1 aromatic rings. The minimum atomic E-state index is -1.06. The molecule has 0 aliphatic rings. The van der Waals surface area contributed by atoms with Crippen LogP contribution >= 0.6 is 0 Å². The number of hydrogen-bond donors (Lipinski definition) is 0. The Morgan fingerprint density at radius 3 is 2.25 bits per heavy atom. The highest BCUT2D eigenvalue weighted by atomic mass is 16.7. The van der Waals surface area contributed by atoms with E-state index in [1.54, 1.807) is 0 Å². The summed E-state index contributed by atoms with van der Waals surface area (Å²) in [5.74, 6) is -2.38. The summed E-state index contributed by atoms with van der Waals surface area (Å²) >= 11 is 0. The molecule has 0 heterocycles. The predicted octanol–water partition coefficient (Wildman–Crippen LogP) is 1.92. The molecule has 0 bridgehead atoms. The second-order valence-corrected chi connectivity index (χ2v) is 5.03. The van der Waals surface area contributed by atoms with Crippen molar-refractivity contribution < 1.29 is 33.4 Å². The standard InChI is InChI=1S/C17H20O7/c1-12(18)23-13(2)24-17(21)10-15(19)8-9-16(20)22-11-14-6-4-3-5-7-14/h3-7,13H,8-11H2,1-2H3. The molecule has 0 aliphatic heterocycles. The molecular weight excluding hydrogens is 316 g/mol. The van der Waals surface area contributed by atoms with Crippen molar-refractivity contribution in [2.45, 2.75) is 46.0 Å². The average molecular weight is 336 g/mol. The number of Topliss-reactive ketones (excluding diaryl/α,β-unsaturated/α-hetero) is 1. The number of carbonyl (C=O) groups is 4. The lowest BCUT2D eigenvalue weighted by Crippen LogP contribution is -2.22. The second-order valence-electron chi connectivity index (χ2n) is 5.03. The predicted molar refractivity (Wildman–Crippen MR) is 82.4 cm³/mol. The largest absolute Gasteiger partial charge is 0.461 e. The van der Waals surface area contributed by atoms with Crippen LogP contribution in [0.15, 0.2) is 30.3 Å². The Kier molecular flexibility index (Phi) is 8.18. The fraction of sp³-hybridized carbons (Fsp3) is 0.412. The van der Waals surface area contributed by atoms with E-state index in [-0.39, 0.29) is 19.4 Å². The highest BCUT2D eigenvalue weighted by Gasteiger charge is 2.17. The molecule has 7 nitrogen and oxygen atoms in total. The summed E-state index contributed by atoms with van der Waals surface area (Å²) in [4.78, 5) is 45.3. The van der Waals surface area contributed by atoms with E-state index in [0.717, 1.165) is 5.56 Å². The summed E-state index contributed by atoms with van der Waals surface area (Å²) < 4.78 is 14.4. The zero-order chi connectivity index (χ0) is 17.9. The zero-order valence-corrected chi connectivity index (χ0v) is 13.7. The summed E-state index contributed by atoms with van der Waals surface area (Å²) in [6.07, 6.45) is -1.78. The molecule has 130 valence electrons. The highest BCUT2D eigenvalue weighted by molar-refractivity contribution is 5.96. The van der Waals surface area contributed by atoms with Gasteiger partial charge in [0.15, 0.2) is 0 Å². The summed E-state index contributed by atoms with van der Waals surface area (Å²) in [7, 11) is 0. The number of rotatable bonds is 9. The van der Waals surface area contributed by atoms with Crippen LogP contribution in [0.25, 0.3) is 0 Å². The van der Waals surface area contributed by atoms with Gasteiger partial charge in [0.05, 0.1) is 6.42 Å². The third kappa shape index (κ3) is 8.67. The van der Waals surface area contributed by atoms with E-state index < -0.39 is 36.4 Å². The van der Waals surface area contributed by atoms with Gasteiger partial charge in [0.25, 0.3) is 0 Å². The molecule has 0 fully saturated rings. The molecule has 0 spiro atoms. The van der Waals surface area contributed by atoms with E-state index in [2.05, 4.69) is 4.74 Å². The summed E-state index contributed by atoms with van der Waals surface area (Å²) in [5, 5.41) is 0. The zero-order valence-electron chi connectivity index (χ0n) is 13.7. The third-order valence-electron chi connectivity index (χ3n) is 2.82. The fourth-order valence-electron chi connectivity index (χ4n) is 1.79. The first-order chi connectivity index (χ1) is 11.4. The van der Waals surface area contributed by atoms with Crippen molar-refractivity contribution in [3.05, 3.63) is 35.9 Å². The second kappa shape index (κ2) is 10.1. The lowest BCUT2D eigenvalue weighted by atomic mass is 10.1. The molecule has 1 aromatic carbocycles. The maximum atomic E-state index is 11.6. The van der Waals surface area contributed by atoms with Crippen molar-refractivity contribution in [1.29, 1.82) is 0 Å². The van der Waals surface area contributed by atoms with E-state index in [9.17, 15) is 19.2 Å². The Bertz CT molecular complexity index is 580. The van der Waals surface area contributed by atoms with Crippen LogP contribution in [-0.4, -0.2) is 30.0 Å². The Morgan fingerprint density at radius 2 is 1.62 bits per heavy atom. The van der Waals surface area contributed by atoms with Gasteiger partial charge in [-0.2, -0.15) is 0 Å². The first-order valence-corrected chi connectivity index (χ1v) is 7.44. The molecule has 0 radical (unpaired) electrons. The molecule has 0 saturated carbocycles. The van der Waals surface area contributed by atoms with Gasteiger partial charge >= 0.3 is 17.9 Å². The van der Waals surface area contributed by atoms with Crippen LogP contribution in [0.2, 0.25) is 0 Å². The van der Waals surface area contributed by atoms with Gasteiger partial charge in [-0.3, -0.25) is 19.2 Å². The Labute approximate surface area is 139 Å². The van der Waals surface area contributed by atoms with Crippen LogP contribution in [0.5, 0.6) is 0 Å². The number of carbonyl (C=O) groups excluding carboxylic acids is 4. The maximum absolute atomic E-state index is 11.6. The SMILES string of the molecule is CC(=O)OC(C)OC(=O)CC(=O)CCC(=O)OCc1ccccc1. The molecule has 1 unspecified atom stereocenters. The molecule has 1 rings (SSSR count). The summed E-state index contributed by atoms with van der Waals surface area (Å²) in [6.45, 7) is 2.68. The van der Waals surface area contributed by atoms with Crippen molar-refractivity contribution in [2.24, 2.45) is 0 Å². The van der Waals surface area contributed by atoms with Gasteiger partial charge in [0, 0.05) is 20.3 Å². The topological polar surface area (TPSA) is 96.0 Å². The monoisotopic (exact) mass is 336 g/mol. The van der Waals surface area contributed by atoms with Crippen LogP contribution in [0.4, 0.5) is 0 Å². The van der Waals surface area contributed by atoms with E-state index in [1.807, 2.05) is 30.3 Å². The maximum Gasteiger partial charge on any atom is 0.316 e. The summed E-state index contributed by atoms with van der Waals surface area (Å²) in [6, 6.07) is 9.15. The van der Waals surface area contributed by atoms with Crippen LogP contribution in [0.3, 0.4) is 0 Å². The van der Waals surface area contributed by atoms with Gasteiger partial charge in [-0.15, -0.1) is 0 Å². The van der Waals surface area contributed by atoms with Crippen LogP contribution in [0.1, 0.15) is 38.7 Å². The molecule has 0 N–H and O–H groups in total. The number of hydrogen-bond acceptors (Lipinski definition) is 7. The molecule has 0 amide bonds. The minimum Gasteiger partial charge on any atom is -0.461 e. The number of ether oxygens (including phenoxy) is 3. The molecule has 1 atom stereocenters. The van der Waals surface area contributed by atoms with Gasteiger partial charge in [-0.25, -0.2) is 0 Å². The average Bonchev–Trinajstić information content (AvgIpc) is 2.50. The molecule has 0 aliphatic carbocycles. The fourth-order valence-corrected chi connectivity index (χ4v) is 1.79. The molecule has 0 aromatic heterocycles. The third-order valence-corrected chi connectivity index (χ3v) is 2.82. The quantitative estimate of drug-likeness (QED) is 0.386. The van der Waals surface area contributed by atoms with E-state index in [1.165, 1.54) is 13.8 Å². The van der Waals surface area contributed by atoms with Gasteiger partial charge in [-0.05, 0) is 5.56 Å². The smallest absolute Gasteiger partial charge is 0.316 e. The molecule has 7 heteroatoms. The summed E-state index contributed by atoms with van der Waals surface area (Å²) in [5.41, 5.74) is 0.847. The molecule has 24 heavy (non-hydrogen) atoms. The van der Waals surface area contributed by atoms with Crippen LogP contribution in [-0.2, 0) is 40.0 Å².